The predicted molar refractivity (Wildman–Crippen MR) is 101 cm³/mol. The number of nitrogens with one attached hydrogen (secondary N) is 1. The maximum atomic E-state index is 12.1. The fourth-order valence-corrected chi connectivity index (χ4v) is 2.59. The van der Waals surface area contributed by atoms with Crippen LogP contribution < -0.4 is 18.7 Å². The zero-order valence-electron chi connectivity index (χ0n) is 12.7. The highest BCUT2D eigenvalue weighted by molar-refractivity contribution is 14.1. The van der Waals surface area contributed by atoms with Crippen LogP contribution in [-0.2, 0) is 0 Å². The lowest BCUT2D eigenvalue weighted by molar-refractivity contribution is 0.0987. The molecule has 3 N–H and O–H groups in total. The number of pyridine rings is 1. The molecule has 3 aromatic rings. The molecule has 0 spiro atoms. The first kappa shape index (κ1) is 16.3. The normalized spacial score (nSPS) is 10.4. The van der Waals surface area contributed by atoms with Crippen LogP contribution in [0.3, 0.4) is 0 Å². The van der Waals surface area contributed by atoms with Crippen molar-refractivity contribution in [2.45, 2.75) is 0 Å². The van der Waals surface area contributed by atoms with Gasteiger partial charge in [0.05, 0.1) is 41.1 Å². The van der Waals surface area contributed by atoms with E-state index in [9.17, 15) is 4.79 Å². The van der Waals surface area contributed by atoms with Gasteiger partial charge in [-0.3, -0.25) is 13.3 Å². The van der Waals surface area contributed by atoms with E-state index in [-0.39, 0.29) is 5.91 Å². The highest BCUT2D eigenvalue weighted by atomic mass is 127. The van der Waals surface area contributed by atoms with E-state index in [0.29, 0.717) is 39.4 Å². The molecule has 1 heterocycles. The molecule has 0 saturated carbocycles. The van der Waals surface area contributed by atoms with Crippen molar-refractivity contribution >= 4 is 45.4 Å². The lowest BCUT2D eigenvalue weighted by atomic mass is 10.1. The number of carbonyl (C=O) groups is 1. The highest BCUT2D eigenvalue weighted by Gasteiger charge is 2.15. The standard InChI is InChI=1S/C17H14IN3O3/c1-23-16-9-14-12(8-13(16)17(22)21-18)15(6-7-20-14)24-11-4-2-10(19)3-5-11/h2-9H,19H2,1H3,(H,21,22). The molecule has 0 fully saturated rings. The summed E-state index contributed by atoms with van der Waals surface area (Å²) in [5, 5.41) is 0.713. The lowest BCUT2D eigenvalue weighted by Crippen LogP contribution is -2.13. The number of hydrogen-bond acceptors (Lipinski definition) is 5. The van der Waals surface area contributed by atoms with E-state index >= 15 is 0 Å². The summed E-state index contributed by atoms with van der Waals surface area (Å²) in [7, 11) is 1.51. The van der Waals surface area contributed by atoms with Gasteiger partial charge in [0.25, 0.3) is 5.91 Å². The number of benzene rings is 2. The van der Waals surface area contributed by atoms with Gasteiger partial charge in [-0.25, -0.2) is 0 Å². The Morgan fingerprint density at radius 3 is 2.58 bits per heavy atom. The molecule has 0 atom stereocenters. The number of amides is 1. The van der Waals surface area contributed by atoms with Crippen LogP contribution in [0.4, 0.5) is 5.69 Å². The number of anilines is 1. The zero-order chi connectivity index (χ0) is 17.1. The summed E-state index contributed by atoms with van der Waals surface area (Å²) in [6, 6.07) is 12.3. The molecule has 0 aliphatic carbocycles. The third-order valence-corrected chi connectivity index (χ3v) is 3.95. The average molecular weight is 435 g/mol. The number of halogens is 1. The van der Waals surface area contributed by atoms with Gasteiger partial charge in [-0.1, -0.05) is 0 Å². The lowest BCUT2D eigenvalue weighted by Gasteiger charge is -2.12. The van der Waals surface area contributed by atoms with Gasteiger partial charge in [0.2, 0.25) is 0 Å². The molecule has 1 amide bonds. The number of nitrogen functional groups attached to an aromatic ring is 1. The van der Waals surface area contributed by atoms with Crippen LogP contribution in [-0.4, -0.2) is 18.0 Å². The van der Waals surface area contributed by atoms with Crippen molar-refractivity contribution in [1.82, 2.24) is 8.51 Å². The molecule has 7 heteroatoms. The number of aromatic nitrogens is 1. The molecule has 0 bridgehead atoms. The molecule has 1 aromatic heterocycles. The van der Waals surface area contributed by atoms with E-state index in [4.69, 9.17) is 15.2 Å². The van der Waals surface area contributed by atoms with Gasteiger partial charge in [0.15, 0.2) is 0 Å². The molecular formula is C17H14IN3O3. The fraction of sp³-hybridized carbons (Fsp3) is 0.0588. The molecule has 0 aliphatic rings. The van der Waals surface area contributed by atoms with Gasteiger partial charge >= 0.3 is 0 Å². The Balaban J connectivity index is 2.11. The molecule has 3 rings (SSSR count). The van der Waals surface area contributed by atoms with Gasteiger partial charge in [0.1, 0.15) is 17.2 Å². The highest BCUT2D eigenvalue weighted by Crippen LogP contribution is 2.33. The quantitative estimate of drug-likeness (QED) is 0.371. The van der Waals surface area contributed by atoms with Crippen LogP contribution in [0, 0.1) is 0 Å². The van der Waals surface area contributed by atoms with Gasteiger partial charge in [-0.2, -0.15) is 0 Å². The summed E-state index contributed by atoms with van der Waals surface area (Å²) in [6.45, 7) is 0. The second-order valence-electron chi connectivity index (χ2n) is 4.97. The number of nitrogens with two attached hydrogens (primary N) is 1. The van der Waals surface area contributed by atoms with Crippen molar-refractivity contribution in [2.75, 3.05) is 12.8 Å². The van der Waals surface area contributed by atoms with Crippen molar-refractivity contribution in [1.29, 1.82) is 0 Å². The number of nitrogens with zero attached hydrogens (tertiary/aromatic N) is 1. The summed E-state index contributed by atoms with van der Waals surface area (Å²) >= 11 is 1.79. The van der Waals surface area contributed by atoms with Crippen LogP contribution in [0.25, 0.3) is 10.9 Å². The Labute approximate surface area is 152 Å². The number of carbonyl (C=O) groups excluding carboxylic acids is 1. The summed E-state index contributed by atoms with van der Waals surface area (Å²) in [5.74, 6) is 1.44. The van der Waals surface area contributed by atoms with Crippen molar-refractivity contribution in [3.05, 3.63) is 54.2 Å². The van der Waals surface area contributed by atoms with Crippen LogP contribution >= 0.6 is 22.9 Å². The van der Waals surface area contributed by atoms with Crippen molar-refractivity contribution in [2.24, 2.45) is 0 Å². The molecule has 24 heavy (non-hydrogen) atoms. The fourth-order valence-electron chi connectivity index (χ4n) is 2.30. The SMILES string of the molecule is COc1cc2nccc(Oc3ccc(N)cc3)c2cc1C(=O)NI. The van der Waals surface area contributed by atoms with Crippen LogP contribution in [0.15, 0.2) is 48.7 Å². The van der Waals surface area contributed by atoms with Crippen LogP contribution in [0.2, 0.25) is 0 Å². The Kier molecular flexibility index (Phi) is 4.70. The summed E-state index contributed by atoms with van der Waals surface area (Å²) in [6.07, 6.45) is 1.65. The molecule has 0 unspecified atom stereocenters. The topological polar surface area (TPSA) is 86.5 Å². The maximum Gasteiger partial charge on any atom is 0.263 e. The molecule has 2 aromatic carbocycles. The molecular weight excluding hydrogens is 421 g/mol. The van der Waals surface area contributed by atoms with E-state index in [1.165, 1.54) is 7.11 Å². The average Bonchev–Trinajstić information content (AvgIpc) is 2.62. The van der Waals surface area contributed by atoms with Crippen LogP contribution in [0.5, 0.6) is 17.2 Å². The number of methoxy groups -OCH3 is 1. The minimum atomic E-state index is -0.253. The number of hydrogen-bond donors (Lipinski definition) is 2. The van der Waals surface area contributed by atoms with E-state index in [1.54, 1.807) is 71.5 Å². The van der Waals surface area contributed by atoms with Gasteiger partial charge in [-0.15, -0.1) is 0 Å². The molecule has 0 aliphatic heterocycles. The summed E-state index contributed by atoms with van der Waals surface area (Å²) < 4.78 is 13.8. The Morgan fingerprint density at radius 1 is 1.17 bits per heavy atom. The predicted octanol–water partition coefficient (Wildman–Crippen LogP) is 3.70. The van der Waals surface area contributed by atoms with Crippen molar-refractivity contribution in [3.63, 3.8) is 0 Å². The Morgan fingerprint density at radius 2 is 1.92 bits per heavy atom. The molecule has 6 nitrogen and oxygen atoms in total. The van der Waals surface area contributed by atoms with E-state index in [2.05, 4.69) is 8.51 Å². The maximum absolute atomic E-state index is 12.1. The summed E-state index contributed by atoms with van der Waals surface area (Å²) in [5.41, 5.74) is 7.43. The first-order valence-electron chi connectivity index (χ1n) is 7.03. The smallest absolute Gasteiger partial charge is 0.263 e. The first-order valence-corrected chi connectivity index (χ1v) is 8.11. The van der Waals surface area contributed by atoms with Gasteiger partial charge in [-0.05, 0) is 36.4 Å². The van der Waals surface area contributed by atoms with Crippen molar-refractivity contribution in [3.8, 4) is 17.2 Å². The Bertz CT molecular complexity index is 897. The molecule has 122 valence electrons. The first-order chi connectivity index (χ1) is 11.6. The zero-order valence-corrected chi connectivity index (χ0v) is 14.9. The minimum Gasteiger partial charge on any atom is -0.496 e. The molecule has 0 saturated heterocycles. The molecule has 0 radical (unpaired) electrons. The minimum absolute atomic E-state index is 0.253. The monoisotopic (exact) mass is 435 g/mol. The van der Waals surface area contributed by atoms with Gasteiger partial charge in [0, 0.05) is 23.3 Å². The Hall–Kier alpha value is -2.55. The van der Waals surface area contributed by atoms with Gasteiger partial charge < -0.3 is 15.2 Å². The largest absolute Gasteiger partial charge is 0.496 e. The van der Waals surface area contributed by atoms with E-state index in [0.717, 1.165) is 0 Å². The summed E-state index contributed by atoms with van der Waals surface area (Å²) in [4.78, 5) is 16.4. The van der Waals surface area contributed by atoms with E-state index < -0.39 is 0 Å². The second kappa shape index (κ2) is 6.91. The number of rotatable bonds is 4. The third kappa shape index (κ3) is 3.21. The van der Waals surface area contributed by atoms with E-state index in [1.807, 2.05) is 0 Å². The number of fused-ring (bicyclic) bond motifs is 1. The van der Waals surface area contributed by atoms with Crippen LogP contribution in [0.1, 0.15) is 10.4 Å². The number of ether oxygens (including phenoxy) is 2. The second-order valence-corrected chi connectivity index (χ2v) is 5.51. The third-order valence-electron chi connectivity index (χ3n) is 3.46. The van der Waals surface area contributed by atoms with Crippen molar-refractivity contribution < 1.29 is 14.3 Å².